The van der Waals surface area contributed by atoms with Crippen molar-refractivity contribution in [2.24, 2.45) is 5.41 Å². The fourth-order valence-corrected chi connectivity index (χ4v) is 2.92. The highest BCUT2D eigenvalue weighted by Crippen LogP contribution is 2.40. The van der Waals surface area contributed by atoms with E-state index >= 15 is 0 Å². The molecule has 2 rings (SSSR count). The molecule has 1 fully saturated rings. The second-order valence-electron chi connectivity index (χ2n) is 6.64. The first-order valence-corrected chi connectivity index (χ1v) is 7.49. The first kappa shape index (κ1) is 16.0. The van der Waals surface area contributed by atoms with Gasteiger partial charge < -0.3 is 10.4 Å². The van der Waals surface area contributed by atoms with Crippen molar-refractivity contribution in [1.29, 1.82) is 0 Å². The molecule has 0 aliphatic heterocycles. The average molecular weight is 313 g/mol. The van der Waals surface area contributed by atoms with Crippen LogP contribution in [0.2, 0.25) is 5.02 Å². The summed E-state index contributed by atoms with van der Waals surface area (Å²) in [5.41, 5.74) is -0.343. The molecule has 21 heavy (non-hydrogen) atoms. The lowest BCUT2D eigenvalue weighted by Crippen LogP contribution is -2.42. The van der Waals surface area contributed by atoms with Crippen LogP contribution in [0.25, 0.3) is 0 Å². The van der Waals surface area contributed by atoms with Crippen LogP contribution in [0.15, 0.2) is 18.2 Å². The van der Waals surface area contributed by atoms with E-state index in [4.69, 9.17) is 11.6 Å². The standard InChI is InChI=1S/C15H21ClN2O3/c1-14(2)6-8-15(19,9-7-14)10-17-12-5-3-4-11(16)13(12)18(20)21/h3-5,17,19H,6-10H2,1-2H3. The van der Waals surface area contributed by atoms with Crippen molar-refractivity contribution >= 4 is 23.0 Å². The Morgan fingerprint density at radius 1 is 1.33 bits per heavy atom. The molecule has 1 aromatic carbocycles. The monoisotopic (exact) mass is 312 g/mol. The van der Waals surface area contributed by atoms with Crippen molar-refractivity contribution in [3.05, 3.63) is 33.3 Å². The second-order valence-corrected chi connectivity index (χ2v) is 7.04. The third kappa shape index (κ3) is 3.86. The summed E-state index contributed by atoms with van der Waals surface area (Å²) in [5.74, 6) is 0. The molecule has 0 atom stereocenters. The van der Waals surface area contributed by atoms with E-state index in [1.807, 2.05) is 0 Å². The molecule has 0 spiro atoms. The number of rotatable bonds is 4. The van der Waals surface area contributed by atoms with E-state index in [0.717, 1.165) is 12.8 Å². The summed E-state index contributed by atoms with van der Waals surface area (Å²) in [4.78, 5) is 10.6. The van der Waals surface area contributed by atoms with Gasteiger partial charge in [0.2, 0.25) is 0 Å². The van der Waals surface area contributed by atoms with Gasteiger partial charge in [0.1, 0.15) is 10.7 Å². The van der Waals surface area contributed by atoms with Crippen molar-refractivity contribution in [2.75, 3.05) is 11.9 Å². The molecule has 5 nitrogen and oxygen atoms in total. The van der Waals surface area contributed by atoms with Gasteiger partial charge in [0.15, 0.2) is 0 Å². The van der Waals surface area contributed by atoms with E-state index in [9.17, 15) is 15.2 Å². The number of nitro groups is 1. The fraction of sp³-hybridized carbons (Fsp3) is 0.600. The zero-order valence-electron chi connectivity index (χ0n) is 12.4. The topological polar surface area (TPSA) is 75.4 Å². The molecule has 2 N–H and O–H groups in total. The Bertz CT molecular complexity index is 536. The Labute approximate surface area is 129 Å². The Kier molecular flexibility index (Phi) is 4.44. The first-order chi connectivity index (χ1) is 9.72. The zero-order valence-corrected chi connectivity index (χ0v) is 13.1. The van der Waals surface area contributed by atoms with Crippen LogP contribution in [0.4, 0.5) is 11.4 Å². The molecule has 0 bridgehead atoms. The molecule has 1 aliphatic rings. The van der Waals surface area contributed by atoms with Crippen LogP contribution in [0, 0.1) is 15.5 Å². The van der Waals surface area contributed by atoms with Gasteiger partial charge in [-0.3, -0.25) is 10.1 Å². The number of nitrogens with zero attached hydrogens (tertiary/aromatic N) is 1. The number of nitrogens with one attached hydrogen (secondary N) is 1. The Balaban J connectivity index is 2.07. The Morgan fingerprint density at radius 3 is 2.52 bits per heavy atom. The lowest BCUT2D eigenvalue weighted by Gasteiger charge is -2.40. The molecule has 116 valence electrons. The molecule has 1 saturated carbocycles. The van der Waals surface area contributed by atoms with Gasteiger partial charge in [0, 0.05) is 6.54 Å². The van der Waals surface area contributed by atoms with E-state index < -0.39 is 10.5 Å². The number of anilines is 1. The van der Waals surface area contributed by atoms with Crippen molar-refractivity contribution in [1.82, 2.24) is 0 Å². The van der Waals surface area contributed by atoms with Gasteiger partial charge in [-0.15, -0.1) is 0 Å². The quantitative estimate of drug-likeness (QED) is 0.651. The van der Waals surface area contributed by atoms with Crippen LogP contribution in [0.5, 0.6) is 0 Å². The molecule has 0 heterocycles. The van der Waals surface area contributed by atoms with Crippen LogP contribution < -0.4 is 5.32 Å². The highest BCUT2D eigenvalue weighted by Gasteiger charge is 2.36. The summed E-state index contributed by atoms with van der Waals surface area (Å²) in [7, 11) is 0. The minimum Gasteiger partial charge on any atom is -0.388 e. The molecular weight excluding hydrogens is 292 g/mol. The van der Waals surface area contributed by atoms with Crippen LogP contribution in [-0.2, 0) is 0 Å². The van der Waals surface area contributed by atoms with Crippen molar-refractivity contribution in [3.63, 3.8) is 0 Å². The largest absolute Gasteiger partial charge is 0.388 e. The zero-order chi connectivity index (χ0) is 15.7. The molecular formula is C15H21ClN2O3. The predicted molar refractivity (Wildman–Crippen MR) is 83.8 cm³/mol. The van der Waals surface area contributed by atoms with Gasteiger partial charge in [-0.05, 0) is 43.2 Å². The van der Waals surface area contributed by atoms with E-state index in [-0.39, 0.29) is 16.1 Å². The summed E-state index contributed by atoms with van der Waals surface area (Å²) in [6, 6.07) is 4.76. The van der Waals surface area contributed by atoms with Crippen LogP contribution >= 0.6 is 11.6 Å². The number of benzene rings is 1. The van der Waals surface area contributed by atoms with Crippen LogP contribution in [0.1, 0.15) is 39.5 Å². The Morgan fingerprint density at radius 2 is 1.95 bits per heavy atom. The normalized spacial score (nSPS) is 20.0. The van der Waals surface area contributed by atoms with Gasteiger partial charge in [-0.25, -0.2) is 0 Å². The first-order valence-electron chi connectivity index (χ1n) is 7.12. The van der Waals surface area contributed by atoms with E-state index in [0.29, 0.717) is 25.1 Å². The maximum Gasteiger partial charge on any atom is 0.310 e. The second kappa shape index (κ2) is 5.81. The molecule has 1 aliphatic carbocycles. The van der Waals surface area contributed by atoms with Gasteiger partial charge in [0.05, 0.1) is 10.5 Å². The maximum absolute atomic E-state index is 11.1. The van der Waals surface area contributed by atoms with Gasteiger partial charge in [0.25, 0.3) is 0 Å². The number of hydrogen-bond donors (Lipinski definition) is 2. The summed E-state index contributed by atoms with van der Waals surface area (Å²) in [6.07, 6.45) is 3.29. The van der Waals surface area contributed by atoms with E-state index in [1.165, 1.54) is 6.07 Å². The fourth-order valence-electron chi connectivity index (χ4n) is 2.67. The van der Waals surface area contributed by atoms with Crippen LogP contribution in [0.3, 0.4) is 0 Å². The van der Waals surface area contributed by atoms with E-state index in [2.05, 4.69) is 19.2 Å². The van der Waals surface area contributed by atoms with Crippen molar-refractivity contribution in [2.45, 2.75) is 45.1 Å². The molecule has 0 unspecified atom stereocenters. The molecule has 0 aromatic heterocycles. The number of hydrogen-bond acceptors (Lipinski definition) is 4. The third-order valence-electron chi connectivity index (χ3n) is 4.31. The average Bonchev–Trinajstić information content (AvgIpc) is 2.40. The predicted octanol–water partition coefficient (Wildman–Crippen LogP) is 3.99. The summed E-state index contributed by atoms with van der Waals surface area (Å²) in [5, 5.41) is 24.8. The number of halogens is 1. The minimum atomic E-state index is -0.814. The van der Waals surface area contributed by atoms with Crippen molar-refractivity contribution < 1.29 is 10.0 Å². The van der Waals surface area contributed by atoms with Gasteiger partial charge in [-0.1, -0.05) is 31.5 Å². The molecule has 6 heteroatoms. The SMILES string of the molecule is CC1(C)CCC(O)(CNc2cccc(Cl)c2[N+](=O)[O-])CC1. The lowest BCUT2D eigenvalue weighted by atomic mass is 9.71. The lowest BCUT2D eigenvalue weighted by molar-refractivity contribution is -0.383. The van der Waals surface area contributed by atoms with Gasteiger partial charge in [-0.2, -0.15) is 0 Å². The highest BCUT2D eigenvalue weighted by molar-refractivity contribution is 6.33. The number of aliphatic hydroxyl groups is 1. The maximum atomic E-state index is 11.1. The van der Waals surface area contributed by atoms with Crippen LogP contribution in [-0.4, -0.2) is 22.2 Å². The van der Waals surface area contributed by atoms with E-state index in [1.54, 1.807) is 12.1 Å². The van der Waals surface area contributed by atoms with Gasteiger partial charge >= 0.3 is 5.69 Å². The summed E-state index contributed by atoms with van der Waals surface area (Å²) in [6.45, 7) is 4.69. The molecule has 0 radical (unpaired) electrons. The third-order valence-corrected chi connectivity index (χ3v) is 4.62. The summed E-state index contributed by atoms with van der Waals surface area (Å²) >= 11 is 5.87. The smallest absolute Gasteiger partial charge is 0.310 e. The molecule has 0 saturated heterocycles. The minimum absolute atomic E-state index is 0.0989. The Hall–Kier alpha value is -1.33. The highest BCUT2D eigenvalue weighted by atomic mass is 35.5. The number of nitro benzene ring substituents is 1. The molecule has 0 amide bonds. The summed E-state index contributed by atoms with van der Waals surface area (Å²) < 4.78 is 0. The number of para-hydroxylation sites is 1. The van der Waals surface area contributed by atoms with Crippen molar-refractivity contribution in [3.8, 4) is 0 Å². The molecule has 1 aromatic rings.